The molecule has 0 saturated carbocycles. The minimum Gasteiger partial charge on any atom is -0.475 e. The lowest BCUT2D eigenvalue weighted by Crippen LogP contribution is -2.08. The zero-order chi connectivity index (χ0) is 10.8. The third-order valence-corrected chi connectivity index (χ3v) is 1.98. The lowest BCUT2D eigenvalue weighted by Gasteiger charge is -2.03. The van der Waals surface area contributed by atoms with Gasteiger partial charge in [0.25, 0.3) is 0 Å². The Morgan fingerprint density at radius 2 is 2.20 bits per heavy atom. The van der Waals surface area contributed by atoms with E-state index in [1.54, 1.807) is 18.5 Å². The number of rotatable bonds is 2. The number of hydrogen-bond acceptors (Lipinski definition) is 3. The molecule has 2 heterocycles. The fraction of sp³-hybridized carbons (Fsp3) is 0.100. The van der Waals surface area contributed by atoms with Gasteiger partial charge in [-0.2, -0.15) is 0 Å². The number of carbonyl (C=O) groups is 1. The summed E-state index contributed by atoms with van der Waals surface area (Å²) in [5, 5.41) is 8.87. The molecule has 0 aromatic carbocycles. The molecule has 5 nitrogen and oxygen atoms in total. The SMILES string of the molecule is Cc1ccnc(-n2ccnc2C(=O)O)c1. The molecule has 0 aliphatic heterocycles. The fourth-order valence-electron chi connectivity index (χ4n) is 1.30. The van der Waals surface area contributed by atoms with Crippen LogP contribution in [-0.2, 0) is 0 Å². The number of aryl methyl sites for hydroxylation is 1. The number of nitrogens with zero attached hydrogens (tertiary/aromatic N) is 3. The Kier molecular flexibility index (Phi) is 2.21. The Balaban J connectivity index is 2.54. The van der Waals surface area contributed by atoms with E-state index in [0.29, 0.717) is 5.82 Å². The van der Waals surface area contributed by atoms with E-state index in [1.807, 2.05) is 13.0 Å². The van der Waals surface area contributed by atoms with Crippen LogP contribution < -0.4 is 0 Å². The predicted octanol–water partition coefficient (Wildman–Crippen LogP) is 1.27. The van der Waals surface area contributed by atoms with Crippen LogP contribution in [0.3, 0.4) is 0 Å². The zero-order valence-corrected chi connectivity index (χ0v) is 8.08. The summed E-state index contributed by atoms with van der Waals surface area (Å²) in [6.07, 6.45) is 4.65. The van der Waals surface area contributed by atoms with Crippen LogP contribution >= 0.6 is 0 Å². The molecule has 0 fully saturated rings. The quantitative estimate of drug-likeness (QED) is 0.798. The van der Waals surface area contributed by atoms with Crippen molar-refractivity contribution in [2.45, 2.75) is 6.92 Å². The van der Waals surface area contributed by atoms with Gasteiger partial charge in [0.05, 0.1) is 0 Å². The molecule has 0 unspecified atom stereocenters. The highest BCUT2D eigenvalue weighted by molar-refractivity contribution is 5.84. The van der Waals surface area contributed by atoms with Gasteiger partial charge in [-0.15, -0.1) is 0 Å². The second-order valence-electron chi connectivity index (χ2n) is 3.12. The van der Waals surface area contributed by atoms with E-state index in [-0.39, 0.29) is 5.82 Å². The smallest absolute Gasteiger partial charge is 0.372 e. The second kappa shape index (κ2) is 3.53. The van der Waals surface area contributed by atoms with Gasteiger partial charge in [-0.3, -0.25) is 4.57 Å². The molecule has 1 N–H and O–H groups in total. The molecule has 0 aliphatic carbocycles. The molecule has 0 aliphatic rings. The number of aromatic carboxylic acids is 1. The van der Waals surface area contributed by atoms with Gasteiger partial charge in [0.15, 0.2) is 0 Å². The first-order valence-corrected chi connectivity index (χ1v) is 4.38. The van der Waals surface area contributed by atoms with Crippen LogP contribution in [0.25, 0.3) is 5.82 Å². The molecular formula is C10H9N3O2. The van der Waals surface area contributed by atoms with Crippen LogP contribution in [0.4, 0.5) is 0 Å². The van der Waals surface area contributed by atoms with Crippen molar-refractivity contribution < 1.29 is 9.90 Å². The number of aromatic nitrogens is 3. The molecule has 15 heavy (non-hydrogen) atoms. The van der Waals surface area contributed by atoms with E-state index in [9.17, 15) is 4.79 Å². The molecule has 2 rings (SSSR count). The summed E-state index contributed by atoms with van der Waals surface area (Å²) in [5.41, 5.74) is 1.02. The van der Waals surface area contributed by atoms with Crippen molar-refractivity contribution >= 4 is 5.97 Å². The summed E-state index contributed by atoms with van der Waals surface area (Å²) < 4.78 is 1.44. The van der Waals surface area contributed by atoms with Crippen LogP contribution in [0.2, 0.25) is 0 Å². The topological polar surface area (TPSA) is 68.0 Å². The number of imidazole rings is 1. The highest BCUT2D eigenvalue weighted by Gasteiger charge is 2.12. The van der Waals surface area contributed by atoms with E-state index in [4.69, 9.17) is 5.11 Å². The van der Waals surface area contributed by atoms with Crippen molar-refractivity contribution in [3.8, 4) is 5.82 Å². The first-order valence-electron chi connectivity index (χ1n) is 4.38. The maximum Gasteiger partial charge on any atom is 0.372 e. The monoisotopic (exact) mass is 203 g/mol. The highest BCUT2D eigenvalue weighted by atomic mass is 16.4. The fourth-order valence-corrected chi connectivity index (χ4v) is 1.30. The van der Waals surface area contributed by atoms with E-state index in [1.165, 1.54) is 10.8 Å². The molecule has 2 aromatic heterocycles. The van der Waals surface area contributed by atoms with E-state index < -0.39 is 5.97 Å². The summed E-state index contributed by atoms with van der Waals surface area (Å²) in [6.45, 7) is 1.92. The van der Waals surface area contributed by atoms with Gasteiger partial charge in [-0.1, -0.05) is 0 Å². The summed E-state index contributed by atoms with van der Waals surface area (Å²) >= 11 is 0. The van der Waals surface area contributed by atoms with Gasteiger partial charge in [0, 0.05) is 18.6 Å². The van der Waals surface area contributed by atoms with Gasteiger partial charge in [-0.05, 0) is 24.6 Å². The van der Waals surface area contributed by atoms with Gasteiger partial charge < -0.3 is 5.11 Å². The van der Waals surface area contributed by atoms with Crippen molar-refractivity contribution in [3.05, 3.63) is 42.1 Å². The Bertz CT molecular complexity index is 505. The van der Waals surface area contributed by atoms with Gasteiger partial charge >= 0.3 is 5.97 Å². The van der Waals surface area contributed by atoms with Crippen LogP contribution in [0.5, 0.6) is 0 Å². The van der Waals surface area contributed by atoms with Crippen molar-refractivity contribution in [3.63, 3.8) is 0 Å². The van der Waals surface area contributed by atoms with Crippen molar-refractivity contribution in [1.29, 1.82) is 0 Å². The minimum absolute atomic E-state index is 0.0342. The van der Waals surface area contributed by atoms with Gasteiger partial charge in [0.2, 0.25) is 5.82 Å². The second-order valence-corrected chi connectivity index (χ2v) is 3.12. The van der Waals surface area contributed by atoms with Gasteiger partial charge in [-0.25, -0.2) is 14.8 Å². The molecule has 0 radical (unpaired) electrons. The van der Waals surface area contributed by atoms with Crippen molar-refractivity contribution in [2.24, 2.45) is 0 Å². The predicted molar refractivity (Wildman–Crippen MR) is 53.1 cm³/mol. The molecule has 2 aromatic rings. The third kappa shape index (κ3) is 1.71. The standard InChI is InChI=1S/C10H9N3O2/c1-7-2-3-11-8(6-7)13-5-4-12-9(13)10(14)15/h2-6H,1H3,(H,14,15). The molecule has 0 bridgehead atoms. The Labute approximate surface area is 86.0 Å². The van der Waals surface area contributed by atoms with Gasteiger partial charge in [0.1, 0.15) is 5.82 Å². The molecule has 0 saturated heterocycles. The highest BCUT2D eigenvalue weighted by Crippen LogP contribution is 2.09. The number of hydrogen-bond donors (Lipinski definition) is 1. The Morgan fingerprint density at radius 3 is 2.87 bits per heavy atom. The zero-order valence-electron chi connectivity index (χ0n) is 8.08. The minimum atomic E-state index is -1.07. The number of carboxylic acids is 1. The first-order chi connectivity index (χ1) is 7.18. The largest absolute Gasteiger partial charge is 0.475 e. The third-order valence-electron chi connectivity index (χ3n) is 1.98. The number of carboxylic acid groups (broad SMARTS) is 1. The maximum absolute atomic E-state index is 10.8. The Morgan fingerprint density at radius 1 is 1.40 bits per heavy atom. The van der Waals surface area contributed by atoms with Crippen LogP contribution in [0, 0.1) is 6.92 Å². The summed E-state index contributed by atoms with van der Waals surface area (Å²) in [5.74, 6) is -0.540. The Hall–Kier alpha value is -2.17. The molecule has 0 atom stereocenters. The summed E-state index contributed by atoms with van der Waals surface area (Å²) in [4.78, 5) is 18.7. The lowest BCUT2D eigenvalue weighted by atomic mass is 10.3. The van der Waals surface area contributed by atoms with E-state index >= 15 is 0 Å². The molecular weight excluding hydrogens is 194 g/mol. The van der Waals surface area contributed by atoms with Crippen LogP contribution in [-0.4, -0.2) is 25.6 Å². The molecule has 0 spiro atoms. The van der Waals surface area contributed by atoms with Crippen molar-refractivity contribution in [2.75, 3.05) is 0 Å². The van der Waals surface area contributed by atoms with E-state index in [2.05, 4.69) is 9.97 Å². The maximum atomic E-state index is 10.8. The van der Waals surface area contributed by atoms with Crippen LogP contribution in [0.1, 0.15) is 16.2 Å². The molecule has 0 amide bonds. The van der Waals surface area contributed by atoms with E-state index in [0.717, 1.165) is 5.56 Å². The molecule has 76 valence electrons. The first kappa shape index (κ1) is 9.39. The lowest BCUT2D eigenvalue weighted by molar-refractivity contribution is 0.0681. The average Bonchev–Trinajstić information content (AvgIpc) is 2.65. The van der Waals surface area contributed by atoms with Crippen molar-refractivity contribution in [1.82, 2.24) is 14.5 Å². The number of pyridine rings is 1. The van der Waals surface area contributed by atoms with Crippen LogP contribution in [0.15, 0.2) is 30.7 Å². The normalized spacial score (nSPS) is 10.2. The summed E-state index contributed by atoms with van der Waals surface area (Å²) in [6, 6.07) is 3.65. The molecule has 5 heteroatoms. The average molecular weight is 203 g/mol. The summed E-state index contributed by atoms with van der Waals surface area (Å²) in [7, 11) is 0.